The summed E-state index contributed by atoms with van der Waals surface area (Å²) in [6, 6.07) is 14.2. The van der Waals surface area contributed by atoms with Gasteiger partial charge in [0.05, 0.1) is 25.5 Å². The number of aromatic nitrogens is 4. The molecule has 1 unspecified atom stereocenters. The highest BCUT2D eigenvalue weighted by atomic mass is 16.5. The summed E-state index contributed by atoms with van der Waals surface area (Å²) in [6.45, 7) is 0.603. The smallest absolute Gasteiger partial charge is 0.354 e. The lowest BCUT2D eigenvalue weighted by atomic mass is 10.0. The predicted octanol–water partition coefficient (Wildman–Crippen LogP) is 1.82. The number of esters is 1. The van der Waals surface area contributed by atoms with Gasteiger partial charge >= 0.3 is 5.97 Å². The van der Waals surface area contributed by atoms with E-state index in [9.17, 15) is 19.2 Å². The Balaban J connectivity index is 1.26. The quantitative estimate of drug-likeness (QED) is 0.328. The molecule has 0 spiro atoms. The van der Waals surface area contributed by atoms with Crippen molar-refractivity contribution in [3.05, 3.63) is 77.2 Å². The molecule has 4 aromatic rings. The van der Waals surface area contributed by atoms with E-state index in [1.807, 2.05) is 41.0 Å². The van der Waals surface area contributed by atoms with E-state index in [-0.39, 0.29) is 18.2 Å². The van der Waals surface area contributed by atoms with Gasteiger partial charge in [0.1, 0.15) is 17.4 Å². The third-order valence-electron chi connectivity index (χ3n) is 6.84. The Labute approximate surface area is 210 Å². The molecule has 11 nitrogen and oxygen atoms in total. The number of nitrogens with one attached hydrogen (secondary N) is 1. The number of hydrogen-bond acceptors (Lipinski definition) is 7. The molecular weight excluding hydrogens is 476 g/mol. The van der Waals surface area contributed by atoms with Crippen molar-refractivity contribution in [2.75, 3.05) is 7.11 Å². The summed E-state index contributed by atoms with van der Waals surface area (Å²) >= 11 is 0. The van der Waals surface area contributed by atoms with Crippen LogP contribution in [0.4, 0.5) is 0 Å². The number of hydrogen-bond donors (Lipinski definition) is 1. The molecule has 1 N–H and O–H groups in total. The zero-order valence-corrected chi connectivity index (χ0v) is 19.9. The zero-order valence-electron chi connectivity index (χ0n) is 19.9. The lowest BCUT2D eigenvalue weighted by Gasteiger charge is -2.29. The molecule has 2 aliphatic rings. The van der Waals surface area contributed by atoms with Crippen LogP contribution in [0.2, 0.25) is 0 Å². The van der Waals surface area contributed by atoms with Crippen molar-refractivity contribution in [2.24, 2.45) is 0 Å². The number of para-hydroxylation sites is 1. The van der Waals surface area contributed by atoms with E-state index in [0.717, 1.165) is 16.5 Å². The monoisotopic (exact) mass is 498 g/mol. The second-order valence-corrected chi connectivity index (χ2v) is 9.06. The van der Waals surface area contributed by atoms with Gasteiger partial charge in [-0.05, 0) is 36.2 Å². The van der Waals surface area contributed by atoms with E-state index in [1.54, 1.807) is 23.0 Å². The second kappa shape index (κ2) is 8.70. The van der Waals surface area contributed by atoms with Crippen molar-refractivity contribution < 1.29 is 23.9 Å². The number of piperidine rings is 1. The number of carbonyl (C=O) groups is 4. The Morgan fingerprint density at radius 3 is 2.78 bits per heavy atom. The topological polar surface area (TPSA) is 128 Å². The van der Waals surface area contributed by atoms with Gasteiger partial charge in [0, 0.05) is 29.4 Å². The minimum absolute atomic E-state index is 0.206. The van der Waals surface area contributed by atoms with Crippen LogP contribution >= 0.6 is 0 Å². The van der Waals surface area contributed by atoms with E-state index >= 15 is 0 Å². The maximum absolute atomic E-state index is 13.1. The first-order valence-corrected chi connectivity index (χ1v) is 11.8. The standard InChI is InChI=1S/C26H22N6O5/c1-37-26(36)22-10-15-4-2-3-5-20(15)30(22)13-17-14-32(29-28-17)18-7-6-16-12-31(25(35)19(16)11-18)21-8-9-23(33)27-24(21)34/h2-7,10-11,14,21H,8-9,12-13H2,1H3,(H,27,33,34). The molecule has 1 saturated heterocycles. The SMILES string of the molecule is COC(=O)c1cc2ccccc2n1Cc1cn(-c2ccc3c(c2)C(=O)N(C2CCC(=O)NC2=O)C3)nn1. The van der Waals surface area contributed by atoms with Gasteiger partial charge in [-0.2, -0.15) is 0 Å². The summed E-state index contributed by atoms with van der Waals surface area (Å²) in [5.41, 5.74) is 3.83. The maximum Gasteiger partial charge on any atom is 0.354 e. The number of ether oxygens (including phenoxy) is 1. The van der Waals surface area contributed by atoms with Crippen LogP contribution in [0, 0.1) is 0 Å². The molecule has 2 aliphatic heterocycles. The second-order valence-electron chi connectivity index (χ2n) is 9.06. The first-order valence-electron chi connectivity index (χ1n) is 11.8. The van der Waals surface area contributed by atoms with Gasteiger partial charge in [0.25, 0.3) is 5.91 Å². The normalized spacial score (nSPS) is 17.3. The number of carbonyl (C=O) groups excluding carboxylic acids is 4. The fourth-order valence-corrected chi connectivity index (χ4v) is 5.00. The molecule has 0 radical (unpaired) electrons. The Kier molecular flexibility index (Phi) is 5.32. The number of amides is 3. The molecule has 0 saturated carbocycles. The molecule has 2 aromatic carbocycles. The van der Waals surface area contributed by atoms with Crippen LogP contribution in [-0.4, -0.2) is 61.3 Å². The van der Waals surface area contributed by atoms with Crippen LogP contribution < -0.4 is 5.32 Å². The van der Waals surface area contributed by atoms with Crippen LogP contribution in [0.1, 0.15) is 44.9 Å². The van der Waals surface area contributed by atoms with Crippen molar-refractivity contribution in [3.63, 3.8) is 0 Å². The first-order chi connectivity index (χ1) is 17.9. The molecule has 1 fully saturated rings. The van der Waals surface area contributed by atoms with E-state index < -0.39 is 17.9 Å². The van der Waals surface area contributed by atoms with Gasteiger partial charge in [-0.1, -0.05) is 29.5 Å². The molecule has 186 valence electrons. The number of imide groups is 1. The molecular formula is C26H22N6O5. The summed E-state index contributed by atoms with van der Waals surface area (Å²) in [5.74, 6) is -1.46. The van der Waals surface area contributed by atoms with Gasteiger partial charge in [0.2, 0.25) is 11.8 Å². The number of rotatable bonds is 5. The van der Waals surface area contributed by atoms with Crippen LogP contribution in [0.5, 0.6) is 0 Å². The molecule has 4 heterocycles. The van der Waals surface area contributed by atoms with Crippen LogP contribution in [0.25, 0.3) is 16.6 Å². The summed E-state index contributed by atoms with van der Waals surface area (Å²) < 4.78 is 8.36. The van der Waals surface area contributed by atoms with Gasteiger partial charge < -0.3 is 14.2 Å². The largest absolute Gasteiger partial charge is 0.464 e. The minimum Gasteiger partial charge on any atom is -0.464 e. The average molecular weight is 498 g/mol. The molecule has 0 aliphatic carbocycles. The Hall–Kier alpha value is -4.80. The molecule has 11 heteroatoms. The molecule has 1 atom stereocenters. The number of methoxy groups -OCH3 is 1. The summed E-state index contributed by atoms with van der Waals surface area (Å²) in [5, 5.41) is 11.7. The van der Waals surface area contributed by atoms with E-state index in [2.05, 4.69) is 15.6 Å². The Morgan fingerprint density at radius 2 is 1.97 bits per heavy atom. The molecule has 0 bridgehead atoms. The molecule has 37 heavy (non-hydrogen) atoms. The predicted molar refractivity (Wildman–Crippen MR) is 130 cm³/mol. The van der Waals surface area contributed by atoms with E-state index in [4.69, 9.17) is 4.74 Å². The van der Waals surface area contributed by atoms with Crippen molar-refractivity contribution in [3.8, 4) is 5.69 Å². The maximum atomic E-state index is 13.1. The number of nitrogens with zero attached hydrogens (tertiary/aromatic N) is 5. The van der Waals surface area contributed by atoms with Gasteiger partial charge in [-0.25, -0.2) is 9.48 Å². The molecule has 3 amide bonds. The zero-order chi connectivity index (χ0) is 25.7. The van der Waals surface area contributed by atoms with Gasteiger partial charge in [0.15, 0.2) is 0 Å². The first kappa shape index (κ1) is 22.7. The Bertz CT molecular complexity index is 1600. The lowest BCUT2D eigenvalue weighted by molar-refractivity contribution is -0.136. The minimum atomic E-state index is -0.667. The summed E-state index contributed by atoms with van der Waals surface area (Å²) in [4.78, 5) is 50.8. The van der Waals surface area contributed by atoms with Crippen molar-refractivity contribution in [1.82, 2.24) is 29.8 Å². The lowest BCUT2D eigenvalue weighted by Crippen LogP contribution is -2.52. The number of fused-ring (bicyclic) bond motifs is 2. The summed E-state index contributed by atoms with van der Waals surface area (Å²) in [7, 11) is 1.34. The van der Waals surface area contributed by atoms with Crippen LogP contribution in [0.3, 0.4) is 0 Å². The third kappa shape index (κ3) is 3.84. The fraction of sp³-hybridized carbons (Fsp3) is 0.231. The third-order valence-corrected chi connectivity index (χ3v) is 6.84. The summed E-state index contributed by atoms with van der Waals surface area (Å²) in [6.07, 6.45) is 2.26. The highest BCUT2D eigenvalue weighted by Crippen LogP contribution is 2.29. The number of benzene rings is 2. The van der Waals surface area contributed by atoms with Crippen molar-refractivity contribution in [1.29, 1.82) is 0 Å². The van der Waals surface area contributed by atoms with Crippen LogP contribution in [-0.2, 0) is 27.4 Å². The van der Waals surface area contributed by atoms with Gasteiger partial charge in [-0.3, -0.25) is 19.7 Å². The fourth-order valence-electron chi connectivity index (χ4n) is 5.00. The van der Waals surface area contributed by atoms with Crippen molar-refractivity contribution >= 4 is 34.6 Å². The molecule has 2 aromatic heterocycles. The van der Waals surface area contributed by atoms with Crippen molar-refractivity contribution in [2.45, 2.75) is 32.0 Å². The molecule has 6 rings (SSSR count). The average Bonchev–Trinajstić information content (AvgIpc) is 3.60. The highest BCUT2D eigenvalue weighted by Gasteiger charge is 2.39. The van der Waals surface area contributed by atoms with Gasteiger partial charge in [-0.15, -0.1) is 5.10 Å². The van der Waals surface area contributed by atoms with E-state index in [0.29, 0.717) is 42.1 Å². The van der Waals surface area contributed by atoms with E-state index in [1.165, 1.54) is 12.0 Å². The van der Waals surface area contributed by atoms with Crippen LogP contribution in [0.15, 0.2) is 54.7 Å². The Morgan fingerprint density at radius 1 is 1.14 bits per heavy atom. The highest BCUT2D eigenvalue weighted by molar-refractivity contribution is 6.05.